The van der Waals surface area contributed by atoms with E-state index in [0.717, 1.165) is 43.0 Å². The molecular formula is C50H67F2O10P. The molecule has 13 heteroatoms. The van der Waals surface area contributed by atoms with Crippen LogP contribution in [-0.2, 0) is 33.2 Å². The molecule has 0 amide bonds. The molecule has 2 fully saturated rings. The standard InChI is InChI=1S/C24H31FO5.C24H29FO5.C2H7P/c2*1-14-12-15(2)20-17(13-14)8-7-9-19-21(30-23(4,5)29-19)18(26)10-11-24(6,25)16(3)28-22(20)27;1-3-2/h7-8,10-13,16,18-19,21,26H,9H2,1-6H3;7-8,10-13,16,19,21H,9H2,1-6H3;3H,1-2H3/b2*8-7+,11-10-;/t16?,18?,19-,21?,24?;16?,19-,21?,24?;/m00./s1. The second kappa shape index (κ2) is 20.9. The number of ether oxygens (including phenoxy) is 6. The molecule has 0 aromatic heterocycles. The number of fused-ring (bicyclic) bond motifs is 4. The zero-order valence-corrected chi connectivity index (χ0v) is 40.3. The lowest BCUT2D eigenvalue weighted by molar-refractivity contribution is -0.152. The average molecular weight is 897 g/mol. The SMILES string of the molecule is CPC.Cc1cc(C)c2c(c1)/C=C/C[C@@H]1OC(C)(C)OC1C(=O)/C=C\C(C)(F)C(C)OC2=O.Cc1cc(C)c2c(c1)/C=C/C[C@@H]1OC(C)(C)OC1C(O)/C=C\C(C)(F)C(C)OC2=O. The number of halogens is 2. The Hall–Kier alpha value is -3.90. The third-order valence-electron chi connectivity index (χ3n) is 11.1. The Morgan fingerprint density at radius 1 is 0.635 bits per heavy atom. The molecule has 2 aromatic rings. The number of aliphatic hydroxyl groups excluding tert-OH is 1. The number of rotatable bonds is 0. The van der Waals surface area contributed by atoms with Gasteiger partial charge in [-0.1, -0.05) is 65.8 Å². The van der Waals surface area contributed by atoms with E-state index in [1.165, 1.54) is 39.8 Å². The van der Waals surface area contributed by atoms with Crippen LogP contribution in [-0.4, -0.2) is 102 Å². The maximum Gasteiger partial charge on any atom is 0.339 e. The quantitative estimate of drug-likeness (QED) is 0.155. The molecule has 0 bridgehead atoms. The summed E-state index contributed by atoms with van der Waals surface area (Å²) in [4.78, 5) is 38.5. The van der Waals surface area contributed by atoms with Crippen molar-refractivity contribution in [3.8, 4) is 0 Å². The molecule has 2 aromatic carbocycles. The van der Waals surface area contributed by atoms with Gasteiger partial charge in [0.1, 0.15) is 30.5 Å². The third-order valence-corrected chi connectivity index (χ3v) is 11.1. The summed E-state index contributed by atoms with van der Waals surface area (Å²) >= 11 is 0. The molecule has 2 saturated heterocycles. The first-order valence-corrected chi connectivity index (χ1v) is 23.5. The van der Waals surface area contributed by atoms with Crippen LogP contribution >= 0.6 is 8.58 Å². The van der Waals surface area contributed by atoms with Gasteiger partial charge in [0.15, 0.2) is 28.7 Å². The van der Waals surface area contributed by atoms with E-state index >= 15 is 8.78 Å². The van der Waals surface area contributed by atoms with Gasteiger partial charge in [-0.05, 0) is 150 Å². The highest BCUT2D eigenvalue weighted by molar-refractivity contribution is 7.35. The van der Waals surface area contributed by atoms with Crippen LogP contribution in [0.5, 0.6) is 0 Å². The minimum atomic E-state index is -2.03. The number of carbonyl (C=O) groups excluding carboxylic acids is 3. The van der Waals surface area contributed by atoms with Gasteiger partial charge in [0.25, 0.3) is 0 Å². The number of carbonyl (C=O) groups is 3. The molecular weight excluding hydrogens is 830 g/mol. The molecule has 63 heavy (non-hydrogen) atoms. The van der Waals surface area contributed by atoms with Crippen LogP contribution in [0.15, 0.2) is 60.7 Å². The van der Waals surface area contributed by atoms with Crippen LogP contribution in [0.3, 0.4) is 0 Å². The zero-order chi connectivity index (χ0) is 47.2. The fraction of sp³-hybridized carbons (Fsp3) is 0.540. The number of aryl methyl sites for hydroxylation is 4. The smallest absolute Gasteiger partial charge is 0.339 e. The summed E-state index contributed by atoms with van der Waals surface area (Å²) in [5.74, 6) is -3.33. The van der Waals surface area contributed by atoms with Gasteiger partial charge >= 0.3 is 11.9 Å². The first-order valence-electron chi connectivity index (χ1n) is 21.5. The summed E-state index contributed by atoms with van der Waals surface area (Å²) in [6.07, 6.45) is 7.53. The van der Waals surface area contributed by atoms with Crippen molar-refractivity contribution in [2.24, 2.45) is 0 Å². The fourth-order valence-corrected chi connectivity index (χ4v) is 7.74. The number of hydrogen-bond acceptors (Lipinski definition) is 10. The highest BCUT2D eigenvalue weighted by Gasteiger charge is 2.45. The van der Waals surface area contributed by atoms with E-state index in [0.29, 0.717) is 35.1 Å². The number of esters is 2. The lowest BCUT2D eigenvalue weighted by Crippen LogP contribution is -2.37. The Bertz CT molecular complexity index is 2100. The highest BCUT2D eigenvalue weighted by Crippen LogP contribution is 2.35. The van der Waals surface area contributed by atoms with Crippen LogP contribution in [0.4, 0.5) is 8.78 Å². The number of alkyl halides is 2. The summed E-state index contributed by atoms with van der Waals surface area (Å²) in [6, 6.07) is 7.57. The summed E-state index contributed by atoms with van der Waals surface area (Å²) in [7, 11) is 1.08. The molecule has 6 rings (SSSR count). The van der Waals surface area contributed by atoms with Gasteiger partial charge in [-0.15, -0.1) is 8.58 Å². The third kappa shape index (κ3) is 13.6. The summed E-state index contributed by atoms with van der Waals surface area (Å²) in [5, 5.41) is 10.6. The Balaban J connectivity index is 0.000000260. The van der Waals surface area contributed by atoms with Crippen molar-refractivity contribution in [1.29, 1.82) is 0 Å². The molecule has 0 radical (unpaired) electrons. The van der Waals surface area contributed by atoms with Crippen molar-refractivity contribution in [3.63, 3.8) is 0 Å². The molecule has 10 nitrogen and oxygen atoms in total. The first kappa shape index (κ1) is 51.7. The Labute approximate surface area is 374 Å². The van der Waals surface area contributed by atoms with E-state index in [9.17, 15) is 19.5 Å². The number of benzene rings is 2. The zero-order valence-electron chi connectivity index (χ0n) is 39.3. The van der Waals surface area contributed by atoms with Crippen LogP contribution in [0.1, 0.15) is 122 Å². The minimum absolute atomic E-state index is 0.384. The van der Waals surface area contributed by atoms with Gasteiger partial charge in [0.2, 0.25) is 0 Å². The van der Waals surface area contributed by atoms with Gasteiger partial charge in [-0.2, -0.15) is 0 Å². The maximum absolute atomic E-state index is 15.3. The minimum Gasteiger partial charge on any atom is -0.455 e. The molecule has 4 aliphatic rings. The molecule has 9 atom stereocenters. The van der Waals surface area contributed by atoms with Gasteiger partial charge in [-0.25, -0.2) is 18.4 Å². The fourth-order valence-electron chi connectivity index (χ4n) is 7.74. The van der Waals surface area contributed by atoms with E-state index in [1.807, 2.05) is 76.3 Å². The summed E-state index contributed by atoms with van der Waals surface area (Å²) < 4.78 is 64.9. The highest BCUT2D eigenvalue weighted by atomic mass is 31.1. The molecule has 1 N–H and O–H groups in total. The van der Waals surface area contributed by atoms with Crippen LogP contribution < -0.4 is 0 Å². The van der Waals surface area contributed by atoms with Crippen molar-refractivity contribution < 1.29 is 56.7 Å². The topological polar surface area (TPSA) is 127 Å². The predicted octanol–water partition coefficient (Wildman–Crippen LogP) is 9.99. The second-order valence-electron chi connectivity index (χ2n) is 18.1. The molecule has 7 unspecified atom stereocenters. The van der Waals surface area contributed by atoms with E-state index < -0.39 is 77.6 Å². The molecule has 0 aliphatic carbocycles. The maximum atomic E-state index is 15.3. The second-order valence-corrected chi connectivity index (χ2v) is 19.1. The van der Waals surface area contributed by atoms with Gasteiger partial charge < -0.3 is 33.5 Å². The number of cyclic esters (lactones) is 2. The summed E-state index contributed by atoms with van der Waals surface area (Å²) in [6.45, 7) is 24.5. The van der Waals surface area contributed by atoms with Crippen molar-refractivity contribution in [2.75, 3.05) is 13.3 Å². The first-order chi connectivity index (χ1) is 29.2. The lowest BCUT2D eigenvalue weighted by Gasteiger charge is -2.26. The normalized spacial score (nSPS) is 33.6. The van der Waals surface area contributed by atoms with Gasteiger partial charge in [-0.3, -0.25) is 4.79 Å². The van der Waals surface area contributed by atoms with Crippen LogP contribution in [0, 0.1) is 27.7 Å². The Morgan fingerprint density at radius 3 is 1.56 bits per heavy atom. The number of aliphatic hydroxyl groups is 1. The van der Waals surface area contributed by atoms with E-state index in [2.05, 4.69) is 13.3 Å². The van der Waals surface area contributed by atoms with Crippen molar-refractivity contribution in [3.05, 3.63) is 105 Å². The van der Waals surface area contributed by atoms with Crippen molar-refractivity contribution in [2.45, 2.75) is 162 Å². The molecule has 346 valence electrons. The molecule has 4 aliphatic heterocycles. The predicted molar refractivity (Wildman–Crippen MR) is 245 cm³/mol. The van der Waals surface area contributed by atoms with Gasteiger partial charge in [0, 0.05) is 0 Å². The number of hydrogen-bond donors (Lipinski definition) is 1. The Morgan fingerprint density at radius 2 is 1.06 bits per heavy atom. The van der Waals surface area contributed by atoms with Crippen molar-refractivity contribution in [1.82, 2.24) is 0 Å². The van der Waals surface area contributed by atoms with E-state index in [1.54, 1.807) is 27.7 Å². The largest absolute Gasteiger partial charge is 0.455 e. The molecule has 0 spiro atoms. The van der Waals surface area contributed by atoms with Crippen LogP contribution in [0.2, 0.25) is 0 Å². The molecule has 4 heterocycles. The van der Waals surface area contributed by atoms with E-state index in [-0.39, 0.29) is 5.78 Å². The average Bonchev–Trinajstić information content (AvgIpc) is 3.65. The summed E-state index contributed by atoms with van der Waals surface area (Å²) in [5.41, 5.74) is 1.71. The van der Waals surface area contributed by atoms with Gasteiger partial charge in [0.05, 0.1) is 23.3 Å². The molecule has 0 saturated carbocycles. The van der Waals surface area contributed by atoms with E-state index in [4.69, 9.17) is 28.4 Å². The van der Waals surface area contributed by atoms with Crippen LogP contribution in [0.25, 0.3) is 12.2 Å². The Kier molecular flexibility index (Phi) is 17.2. The monoisotopic (exact) mass is 896 g/mol. The number of ketones is 1. The van der Waals surface area contributed by atoms with Crippen molar-refractivity contribution >= 4 is 38.5 Å². The lowest BCUT2D eigenvalue weighted by atomic mass is 9.95.